The van der Waals surface area contributed by atoms with Gasteiger partial charge in [0.1, 0.15) is 5.25 Å². The Morgan fingerprint density at radius 2 is 1.86 bits per heavy atom. The third-order valence-electron chi connectivity index (χ3n) is 3.86. The molecule has 2 amide bonds. The number of carbonyl (C=O) groups excluding carboxylic acids is 2. The van der Waals surface area contributed by atoms with Gasteiger partial charge in [-0.1, -0.05) is 43.7 Å². The lowest BCUT2D eigenvalue weighted by molar-refractivity contribution is -0.148. The van der Waals surface area contributed by atoms with E-state index < -0.39 is 21.0 Å². The SMILES string of the molecule is CCCCS(=O)(=O)C1CCC(=O)N(Cc2ccccc2)C1=O. The Morgan fingerprint density at radius 1 is 1.18 bits per heavy atom. The summed E-state index contributed by atoms with van der Waals surface area (Å²) in [6.07, 6.45) is 1.51. The average molecular weight is 323 g/mol. The molecule has 1 aromatic rings. The summed E-state index contributed by atoms with van der Waals surface area (Å²) in [4.78, 5) is 25.6. The highest BCUT2D eigenvalue weighted by Gasteiger charge is 2.41. The number of sulfone groups is 1. The minimum absolute atomic E-state index is 0.00722. The summed E-state index contributed by atoms with van der Waals surface area (Å²) in [6, 6.07) is 9.13. The summed E-state index contributed by atoms with van der Waals surface area (Å²) < 4.78 is 24.6. The Labute approximate surface area is 131 Å². The molecular weight excluding hydrogens is 302 g/mol. The summed E-state index contributed by atoms with van der Waals surface area (Å²) >= 11 is 0. The molecule has 1 unspecified atom stereocenters. The van der Waals surface area contributed by atoms with E-state index in [0.29, 0.717) is 6.42 Å². The van der Waals surface area contributed by atoms with Gasteiger partial charge in [0.05, 0.1) is 12.3 Å². The van der Waals surface area contributed by atoms with E-state index >= 15 is 0 Å². The van der Waals surface area contributed by atoms with Crippen LogP contribution in [-0.4, -0.2) is 36.1 Å². The van der Waals surface area contributed by atoms with Crippen molar-refractivity contribution in [3.8, 4) is 0 Å². The smallest absolute Gasteiger partial charge is 0.247 e. The van der Waals surface area contributed by atoms with E-state index in [0.717, 1.165) is 16.9 Å². The first kappa shape index (κ1) is 16.7. The topological polar surface area (TPSA) is 71.5 Å². The third-order valence-corrected chi connectivity index (χ3v) is 6.02. The summed E-state index contributed by atoms with van der Waals surface area (Å²) in [6.45, 7) is 2.04. The highest BCUT2D eigenvalue weighted by Crippen LogP contribution is 2.22. The molecule has 1 aromatic carbocycles. The van der Waals surface area contributed by atoms with Gasteiger partial charge in [0, 0.05) is 6.42 Å². The Bertz CT molecular complexity index is 639. The number of benzene rings is 1. The molecule has 1 fully saturated rings. The lowest BCUT2D eigenvalue weighted by Crippen LogP contribution is -2.50. The van der Waals surface area contributed by atoms with Crippen LogP contribution in [-0.2, 0) is 26.0 Å². The van der Waals surface area contributed by atoms with Gasteiger partial charge in [-0.05, 0) is 18.4 Å². The molecule has 1 heterocycles. The molecule has 1 aliphatic heterocycles. The number of rotatable bonds is 6. The Kier molecular flexibility index (Phi) is 5.34. The summed E-state index contributed by atoms with van der Waals surface area (Å²) in [5.74, 6) is -0.861. The molecule has 0 bridgehead atoms. The van der Waals surface area contributed by atoms with Gasteiger partial charge < -0.3 is 0 Å². The van der Waals surface area contributed by atoms with E-state index in [-0.39, 0.29) is 31.0 Å². The normalized spacial score (nSPS) is 19.5. The van der Waals surface area contributed by atoms with Crippen molar-refractivity contribution >= 4 is 21.7 Å². The van der Waals surface area contributed by atoms with Crippen LogP contribution in [0.5, 0.6) is 0 Å². The fourth-order valence-corrected chi connectivity index (χ4v) is 4.45. The second-order valence-corrected chi connectivity index (χ2v) is 7.85. The Hall–Kier alpha value is -1.69. The lowest BCUT2D eigenvalue weighted by Gasteiger charge is -2.30. The first-order valence-electron chi connectivity index (χ1n) is 7.55. The molecule has 0 saturated carbocycles. The summed E-state index contributed by atoms with van der Waals surface area (Å²) in [7, 11) is -3.49. The predicted octanol–water partition coefficient (Wildman–Crippen LogP) is 1.92. The van der Waals surface area contributed by atoms with Crippen LogP contribution < -0.4 is 0 Å². The molecule has 22 heavy (non-hydrogen) atoms. The quantitative estimate of drug-likeness (QED) is 0.750. The number of likely N-dealkylation sites (tertiary alicyclic amines) is 1. The average Bonchev–Trinajstić information content (AvgIpc) is 2.50. The third kappa shape index (κ3) is 3.74. The molecule has 120 valence electrons. The molecule has 0 spiro atoms. The van der Waals surface area contributed by atoms with E-state index in [9.17, 15) is 18.0 Å². The van der Waals surface area contributed by atoms with Gasteiger partial charge in [-0.2, -0.15) is 0 Å². The van der Waals surface area contributed by atoms with Gasteiger partial charge in [-0.3, -0.25) is 14.5 Å². The molecule has 2 rings (SSSR count). The Balaban J connectivity index is 2.17. The highest BCUT2D eigenvalue weighted by atomic mass is 32.2. The second-order valence-electron chi connectivity index (χ2n) is 5.55. The number of hydrogen-bond donors (Lipinski definition) is 0. The number of amides is 2. The van der Waals surface area contributed by atoms with Crippen LogP contribution >= 0.6 is 0 Å². The Morgan fingerprint density at radius 3 is 2.50 bits per heavy atom. The lowest BCUT2D eigenvalue weighted by atomic mass is 10.1. The van der Waals surface area contributed by atoms with Gasteiger partial charge in [0.2, 0.25) is 11.8 Å². The number of hydrogen-bond acceptors (Lipinski definition) is 4. The largest absolute Gasteiger partial charge is 0.277 e. The zero-order chi connectivity index (χ0) is 16.2. The van der Waals surface area contributed by atoms with E-state index in [1.54, 1.807) is 0 Å². The van der Waals surface area contributed by atoms with Gasteiger partial charge >= 0.3 is 0 Å². The fourth-order valence-electron chi connectivity index (χ4n) is 2.56. The van der Waals surface area contributed by atoms with Crippen molar-refractivity contribution in [2.24, 2.45) is 0 Å². The van der Waals surface area contributed by atoms with Gasteiger partial charge in [0.15, 0.2) is 9.84 Å². The minimum atomic E-state index is -3.49. The van der Waals surface area contributed by atoms with Crippen LogP contribution in [0.15, 0.2) is 30.3 Å². The van der Waals surface area contributed by atoms with Gasteiger partial charge in [0.25, 0.3) is 0 Å². The molecule has 5 nitrogen and oxygen atoms in total. The highest BCUT2D eigenvalue weighted by molar-refractivity contribution is 7.92. The maximum atomic E-state index is 12.5. The van der Waals surface area contributed by atoms with Crippen molar-refractivity contribution in [1.29, 1.82) is 0 Å². The van der Waals surface area contributed by atoms with E-state index in [4.69, 9.17) is 0 Å². The zero-order valence-corrected chi connectivity index (χ0v) is 13.5. The minimum Gasteiger partial charge on any atom is -0.277 e. The first-order valence-corrected chi connectivity index (χ1v) is 9.27. The molecule has 0 N–H and O–H groups in total. The molecule has 6 heteroatoms. The molecule has 1 aliphatic rings. The monoisotopic (exact) mass is 323 g/mol. The number of unbranched alkanes of at least 4 members (excludes halogenated alkanes) is 1. The molecule has 1 atom stereocenters. The van der Waals surface area contributed by atoms with Crippen LogP contribution in [0.2, 0.25) is 0 Å². The van der Waals surface area contributed by atoms with Gasteiger partial charge in [-0.25, -0.2) is 8.42 Å². The van der Waals surface area contributed by atoms with Crippen molar-refractivity contribution in [2.45, 2.75) is 44.4 Å². The standard InChI is InChI=1S/C16H21NO4S/c1-2-3-11-22(20,21)14-9-10-15(18)17(16(14)19)12-13-7-5-4-6-8-13/h4-8,14H,2-3,9-12H2,1H3. The predicted molar refractivity (Wildman–Crippen MR) is 83.7 cm³/mol. The van der Waals surface area contributed by atoms with Crippen LogP contribution in [0.1, 0.15) is 38.2 Å². The van der Waals surface area contributed by atoms with Crippen LogP contribution in [0.4, 0.5) is 0 Å². The van der Waals surface area contributed by atoms with Crippen molar-refractivity contribution in [2.75, 3.05) is 5.75 Å². The maximum absolute atomic E-state index is 12.5. The number of imide groups is 1. The van der Waals surface area contributed by atoms with Crippen LogP contribution in [0.3, 0.4) is 0 Å². The molecule has 0 aromatic heterocycles. The van der Waals surface area contributed by atoms with Gasteiger partial charge in [-0.15, -0.1) is 0 Å². The summed E-state index contributed by atoms with van der Waals surface area (Å²) in [5, 5.41) is -1.07. The maximum Gasteiger partial charge on any atom is 0.247 e. The fraction of sp³-hybridized carbons (Fsp3) is 0.500. The molecule has 0 radical (unpaired) electrons. The number of carbonyl (C=O) groups is 2. The summed E-state index contributed by atoms with van der Waals surface area (Å²) in [5.41, 5.74) is 0.816. The number of nitrogens with zero attached hydrogens (tertiary/aromatic N) is 1. The van der Waals surface area contributed by atoms with Crippen molar-refractivity contribution in [1.82, 2.24) is 4.90 Å². The zero-order valence-electron chi connectivity index (χ0n) is 12.7. The van der Waals surface area contributed by atoms with E-state index in [1.807, 2.05) is 37.3 Å². The second kappa shape index (κ2) is 7.05. The molecule has 1 saturated heterocycles. The van der Waals surface area contributed by atoms with Crippen LogP contribution in [0.25, 0.3) is 0 Å². The molecular formula is C16H21NO4S. The molecule has 0 aliphatic carbocycles. The van der Waals surface area contributed by atoms with Crippen molar-refractivity contribution in [3.05, 3.63) is 35.9 Å². The van der Waals surface area contributed by atoms with Crippen molar-refractivity contribution < 1.29 is 18.0 Å². The van der Waals surface area contributed by atoms with Crippen molar-refractivity contribution in [3.63, 3.8) is 0 Å². The van der Waals surface area contributed by atoms with E-state index in [2.05, 4.69) is 0 Å². The first-order chi connectivity index (χ1) is 10.5. The van der Waals surface area contributed by atoms with E-state index in [1.165, 1.54) is 0 Å². The number of piperidine rings is 1. The van der Waals surface area contributed by atoms with Crippen LogP contribution in [0, 0.1) is 0 Å².